The van der Waals surface area contributed by atoms with E-state index in [0.717, 1.165) is 12.8 Å². The molecule has 0 bridgehead atoms. The molecule has 0 atom stereocenters. The monoisotopic (exact) mass is 264 g/mol. The second kappa shape index (κ2) is 5.17. The predicted octanol–water partition coefficient (Wildman–Crippen LogP) is 0.448. The van der Waals surface area contributed by atoms with Crippen molar-refractivity contribution in [2.45, 2.75) is 18.9 Å². The molecule has 2 amide bonds. The Morgan fingerprint density at radius 1 is 1.37 bits per heavy atom. The highest BCUT2D eigenvalue weighted by Gasteiger charge is 2.25. The zero-order chi connectivity index (χ0) is 14.0. The number of hydrogen-bond acceptors (Lipinski definition) is 4. The molecule has 19 heavy (non-hydrogen) atoms. The molecule has 0 radical (unpaired) electrons. The smallest absolute Gasteiger partial charge is 0.257 e. The Morgan fingerprint density at radius 3 is 2.68 bits per heavy atom. The van der Waals surface area contributed by atoms with Crippen molar-refractivity contribution < 1.29 is 19.8 Å². The number of nitrogens with one attached hydrogen (secondary N) is 1. The first-order chi connectivity index (χ1) is 8.97. The van der Waals surface area contributed by atoms with Gasteiger partial charge in [0.2, 0.25) is 5.91 Å². The molecule has 1 saturated carbocycles. The van der Waals surface area contributed by atoms with Crippen molar-refractivity contribution >= 4 is 11.8 Å². The zero-order valence-corrected chi connectivity index (χ0v) is 10.6. The van der Waals surface area contributed by atoms with Crippen LogP contribution in [-0.2, 0) is 4.79 Å². The summed E-state index contributed by atoms with van der Waals surface area (Å²) in [6.07, 6.45) is 1.97. The lowest BCUT2D eigenvalue weighted by atomic mass is 10.1. The SMILES string of the molecule is CN(CC(=O)NC1CC1)C(=O)c1cc(O)ccc1O. The van der Waals surface area contributed by atoms with E-state index in [0.29, 0.717) is 0 Å². The number of hydrogen-bond donors (Lipinski definition) is 3. The van der Waals surface area contributed by atoms with Gasteiger partial charge in [0, 0.05) is 13.1 Å². The maximum Gasteiger partial charge on any atom is 0.257 e. The number of benzene rings is 1. The normalized spacial score (nSPS) is 13.9. The van der Waals surface area contributed by atoms with Gasteiger partial charge in [-0.05, 0) is 31.0 Å². The van der Waals surface area contributed by atoms with Crippen LogP contribution in [-0.4, -0.2) is 46.6 Å². The van der Waals surface area contributed by atoms with Crippen LogP contribution in [0.4, 0.5) is 0 Å². The van der Waals surface area contributed by atoms with Crippen LogP contribution in [0.15, 0.2) is 18.2 Å². The molecule has 0 unspecified atom stereocenters. The molecule has 0 spiro atoms. The average molecular weight is 264 g/mol. The van der Waals surface area contributed by atoms with Crippen molar-refractivity contribution in [3.05, 3.63) is 23.8 Å². The second-order valence-electron chi connectivity index (χ2n) is 4.70. The molecular formula is C13H16N2O4. The first kappa shape index (κ1) is 13.2. The molecule has 6 nitrogen and oxygen atoms in total. The Hall–Kier alpha value is -2.24. The van der Waals surface area contributed by atoms with Gasteiger partial charge in [-0.25, -0.2) is 0 Å². The van der Waals surface area contributed by atoms with Crippen LogP contribution < -0.4 is 5.32 Å². The molecule has 1 aliphatic carbocycles. The molecule has 0 aromatic heterocycles. The average Bonchev–Trinajstić information content (AvgIpc) is 3.15. The summed E-state index contributed by atoms with van der Waals surface area (Å²) in [6.45, 7) is -0.0789. The molecule has 0 aliphatic heterocycles. The minimum absolute atomic E-state index is 0.0262. The van der Waals surface area contributed by atoms with Gasteiger partial charge in [-0.1, -0.05) is 0 Å². The van der Waals surface area contributed by atoms with Gasteiger partial charge in [0.25, 0.3) is 5.91 Å². The lowest BCUT2D eigenvalue weighted by molar-refractivity contribution is -0.121. The van der Waals surface area contributed by atoms with Gasteiger partial charge < -0.3 is 20.4 Å². The molecule has 1 fully saturated rings. The third-order valence-electron chi connectivity index (χ3n) is 2.88. The molecule has 1 aromatic carbocycles. The quantitative estimate of drug-likeness (QED) is 0.689. The summed E-state index contributed by atoms with van der Waals surface area (Å²) < 4.78 is 0. The summed E-state index contributed by atoms with van der Waals surface area (Å²) in [7, 11) is 1.47. The van der Waals surface area contributed by atoms with Crippen LogP contribution in [0.25, 0.3) is 0 Å². The van der Waals surface area contributed by atoms with Crippen LogP contribution in [0.1, 0.15) is 23.2 Å². The summed E-state index contributed by atoms with van der Waals surface area (Å²) >= 11 is 0. The summed E-state index contributed by atoms with van der Waals surface area (Å²) in [5.41, 5.74) is -0.0262. The molecule has 1 aromatic rings. The van der Waals surface area contributed by atoms with Gasteiger partial charge >= 0.3 is 0 Å². The molecule has 0 heterocycles. The van der Waals surface area contributed by atoms with Crippen LogP contribution in [0, 0.1) is 0 Å². The van der Waals surface area contributed by atoms with E-state index in [1.54, 1.807) is 0 Å². The van der Waals surface area contributed by atoms with E-state index >= 15 is 0 Å². The number of aromatic hydroxyl groups is 2. The molecular weight excluding hydrogens is 248 g/mol. The van der Waals surface area contributed by atoms with E-state index in [4.69, 9.17) is 0 Å². The highest BCUT2D eigenvalue weighted by molar-refractivity contribution is 5.98. The molecule has 0 saturated heterocycles. The van der Waals surface area contributed by atoms with E-state index in [1.807, 2.05) is 0 Å². The Labute approximate surface area is 110 Å². The molecule has 6 heteroatoms. The lowest BCUT2D eigenvalue weighted by Crippen LogP contribution is -2.39. The third-order valence-corrected chi connectivity index (χ3v) is 2.88. The number of carbonyl (C=O) groups is 2. The minimum Gasteiger partial charge on any atom is -0.508 e. The highest BCUT2D eigenvalue weighted by atomic mass is 16.3. The van der Waals surface area contributed by atoms with Crippen LogP contribution in [0.5, 0.6) is 11.5 Å². The van der Waals surface area contributed by atoms with Crippen molar-refractivity contribution in [1.29, 1.82) is 0 Å². The number of amides is 2. The largest absolute Gasteiger partial charge is 0.508 e. The first-order valence-corrected chi connectivity index (χ1v) is 6.04. The van der Waals surface area contributed by atoms with Gasteiger partial charge in [-0.15, -0.1) is 0 Å². The summed E-state index contributed by atoms with van der Waals surface area (Å²) in [5, 5.41) is 21.7. The second-order valence-corrected chi connectivity index (χ2v) is 4.70. The van der Waals surface area contributed by atoms with Gasteiger partial charge in [0.05, 0.1) is 12.1 Å². The Bertz CT molecular complexity index is 511. The van der Waals surface area contributed by atoms with E-state index in [9.17, 15) is 19.8 Å². The van der Waals surface area contributed by atoms with E-state index in [2.05, 4.69) is 5.32 Å². The first-order valence-electron chi connectivity index (χ1n) is 6.04. The number of likely N-dealkylation sites (N-methyl/N-ethyl adjacent to an activating group) is 1. The number of carbonyl (C=O) groups excluding carboxylic acids is 2. The standard InChI is InChI=1S/C13H16N2O4/c1-15(7-12(18)14-8-2-3-8)13(19)10-6-9(16)4-5-11(10)17/h4-6,8,16-17H,2-3,7H2,1H3,(H,14,18). The van der Waals surface area contributed by atoms with Gasteiger partial charge in [-0.2, -0.15) is 0 Å². The molecule has 3 N–H and O–H groups in total. The zero-order valence-electron chi connectivity index (χ0n) is 10.6. The fourth-order valence-corrected chi connectivity index (χ4v) is 1.69. The van der Waals surface area contributed by atoms with Crippen molar-refractivity contribution in [2.24, 2.45) is 0 Å². The molecule has 1 aliphatic rings. The Morgan fingerprint density at radius 2 is 2.05 bits per heavy atom. The molecule has 2 rings (SSSR count). The number of phenolic OH excluding ortho intramolecular Hbond substituents is 2. The fraction of sp³-hybridized carbons (Fsp3) is 0.385. The van der Waals surface area contributed by atoms with Gasteiger partial charge in [0.1, 0.15) is 11.5 Å². The van der Waals surface area contributed by atoms with Crippen molar-refractivity contribution in [3.63, 3.8) is 0 Å². The lowest BCUT2D eigenvalue weighted by Gasteiger charge is -2.17. The number of phenols is 2. The summed E-state index contributed by atoms with van der Waals surface area (Å²) in [6, 6.07) is 3.93. The maximum absolute atomic E-state index is 12.0. The minimum atomic E-state index is -0.514. The maximum atomic E-state index is 12.0. The van der Waals surface area contributed by atoms with E-state index < -0.39 is 5.91 Å². The van der Waals surface area contributed by atoms with Gasteiger partial charge in [-0.3, -0.25) is 9.59 Å². The molecule has 102 valence electrons. The Kier molecular flexibility index (Phi) is 3.59. The van der Waals surface area contributed by atoms with Gasteiger partial charge in [0.15, 0.2) is 0 Å². The fourth-order valence-electron chi connectivity index (χ4n) is 1.69. The third kappa shape index (κ3) is 3.37. The number of rotatable bonds is 4. The van der Waals surface area contributed by atoms with Crippen molar-refractivity contribution in [1.82, 2.24) is 10.2 Å². The predicted molar refractivity (Wildman–Crippen MR) is 67.9 cm³/mol. The van der Waals surface area contributed by atoms with Crippen molar-refractivity contribution in [2.75, 3.05) is 13.6 Å². The van der Waals surface area contributed by atoms with E-state index in [-0.39, 0.29) is 35.6 Å². The Balaban J connectivity index is 2.01. The summed E-state index contributed by atoms with van der Waals surface area (Å²) in [5.74, 6) is -1.08. The topological polar surface area (TPSA) is 89.9 Å². The number of nitrogens with zero attached hydrogens (tertiary/aromatic N) is 1. The van der Waals surface area contributed by atoms with Crippen LogP contribution in [0.2, 0.25) is 0 Å². The highest BCUT2D eigenvalue weighted by Crippen LogP contribution is 2.23. The van der Waals surface area contributed by atoms with Crippen molar-refractivity contribution in [3.8, 4) is 11.5 Å². The van der Waals surface area contributed by atoms with E-state index in [1.165, 1.54) is 30.1 Å². The van der Waals surface area contributed by atoms with Crippen LogP contribution in [0.3, 0.4) is 0 Å². The van der Waals surface area contributed by atoms with Crippen LogP contribution >= 0.6 is 0 Å². The summed E-state index contributed by atoms with van der Waals surface area (Å²) in [4.78, 5) is 24.8.